The maximum atomic E-state index is 7.62. The van der Waals surface area contributed by atoms with Gasteiger partial charge in [-0.2, -0.15) is 0 Å². The van der Waals surface area contributed by atoms with Crippen LogP contribution in [0.5, 0.6) is 0 Å². The third kappa shape index (κ3) is 5.23. The van der Waals surface area contributed by atoms with Crippen molar-refractivity contribution in [2.75, 3.05) is 34.4 Å². The van der Waals surface area contributed by atoms with Gasteiger partial charge in [0.15, 0.2) is 11.2 Å². The first-order valence-electron chi connectivity index (χ1n) is 17.0. The Labute approximate surface area is 294 Å². The van der Waals surface area contributed by atoms with Gasteiger partial charge in [-0.1, -0.05) is 118 Å². The van der Waals surface area contributed by atoms with E-state index in [9.17, 15) is 0 Å². The van der Waals surface area contributed by atoms with Crippen LogP contribution in [0.4, 0.5) is 11.4 Å². The number of fused-ring (bicyclic) bond motifs is 9. The highest BCUT2D eigenvalue weighted by molar-refractivity contribution is 8.49. The van der Waals surface area contributed by atoms with Gasteiger partial charge in [0.1, 0.15) is 7.12 Å². The van der Waals surface area contributed by atoms with E-state index >= 15 is 0 Å². The Morgan fingerprint density at radius 1 is 0.592 bits per heavy atom. The minimum atomic E-state index is -1.77. The zero-order chi connectivity index (χ0) is 33.9. The Morgan fingerprint density at radius 3 is 1.55 bits per heavy atom. The van der Waals surface area contributed by atoms with Crippen LogP contribution in [-0.4, -0.2) is 36.9 Å². The first-order valence-corrected chi connectivity index (χ1v) is 22.8. The van der Waals surface area contributed by atoms with Crippen LogP contribution in [0.3, 0.4) is 0 Å². The van der Waals surface area contributed by atoms with Crippen LogP contribution in [0.1, 0.15) is 31.9 Å². The molecule has 7 heteroatoms. The number of hydrogen-bond donors (Lipinski definition) is 0. The summed E-state index contributed by atoms with van der Waals surface area (Å²) in [5.41, 5.74) is 6.16. The summed E-state index contributed by atoms with van der Waals surface area (Å²) in [4.78, 5) is 2.38. The van der Waals surface area contributed by atoms with Gasteiger partial charge in [0, 0.05) is 20.6 Å². The molecule has 1 aliphatic rings. The van der Waals surface area contributed by atoms with Gasteiger partial charge in [0.25, 0.3) is 0 Å². The second-order valence-electron chi connectivity index (χ2n) is 13.1. The van der Waals surface area contributed by atoms with Gasteiger partial charge in [-0.3, -0.25) is 9.88 Å². The van der Waals surface area contributed by atoms with E-state index in [2.05, 4.69) is 159 Å². The lowest BCUT2D eigenvalue weighted by Crippen LogP contribution is -2.08. The lowest BCUT2D eigenvalue weighted by molar-refractivity contribution is 0.632. The average Bonchev–Trinajstić information content (AvgIpc) is 3.42. The van der Waals surface area contributed by atoms with E-state index in [-0.39, 0.29) is 0 Å². The molecule has 0 saturated heterocycles. The Balaban J connectivity index is 1.70. The summed E-state index contributed by atoms with van der Waals surface area (Å²) in [7, 11) is 2.59. The standard InChI is InChI=1S/C42H41BNO2PS2/c1-6-48(4,7-2)37-27-31-19-9-13-21-33(31)39-40-34-22-14-10-20-32(34)28-38(49(5,43)8-3)42(40)46-47(45-41(37)39)44-35-23-15-11-17-29(35)25-26-30-18-12-16-24-36(30)44/h9-28H,6-8H2,1-5H3. The van der Waals surface area contributed by atoms with Crippen molar-refractivity contribution in [1.82, 2.24) is 0 Å². The summed E-state index contributed by atoms with van der Waals surface area (Å²) in [6.07, 6.45) is 9.08. The number of anilines is 2. The van der Waals surface area contributed by atoms with Gasteiger partial charge in [0.2, 0.25) is 0 Å². The van der Waals surface area contributed by atoms with Crippen LogP contribution >= 0.6 is 28.1 Å². The van der Waals surface area contributed by atoms with Crippen molar-refractivity contribution in [2.45, 2.75) is 30.6 Å². The largest absolute Gasteiger partial charge is 0.402 e. The van der Waals surface area contributed by atoms with E-state index in [0.717, 1.165) is 72.0 Å². The number of rotatable bonds is 6. The van der Waals surface area contributed by atoms with Crippen molar-refractivity contribution in [3.8, 4) is 0 Å². The SMILES string of the molecule is [B]S(C)(CC)c1cc2ccccc2c2c1op(N1c3ccccc3C=Cc3ccccc31)oc1c(S(C)(CC)CC)cc3ccccc3c12. The van der Waals surface area contributed by atoms with Gasteiger partial charge < -0.3 is 8.39 Å². The molecule has 1 aliphatic heterocycles. The van der Waals surface area contributed by atoms with Gasteiger partial charge in [0.05, 0.1) is 11.4 Å². The normalized spacial score (nSPS) is 15.5. The van der Waals surface area contributed by atoms with Crippen molar-refractivity contribution in [1.29, 1.82) is 0 Å². The molecule has 7 aromatic rings. The molecule has 0 aliphatic carbocycles. The third-order valence-electron chi connectivity index (χ3n) is 10.4. The van der Waals surface area contributed by atoms with Gasteiger partial charge in [-0.15, -0.1) is 0 Å². The Kier molecular flexibility index (Phi) is 8.18. The van der Waals surface area contributed by atoms with Crippen LogP contribution in [0.15, 0.2) is 127 Å². The van der Waals surface area contributed by atoms with Crippen LogP contribution in [-0.2, 0) is 0 Å². The molecule has 0 bridgehead atoms. The third-order valence-corrected chi connectivity index (χ3v) is 18.2. The summed E-state index contributed by atoms with van der Waals surface area (Å²) in [6.45, 7) is 6.85. The summed E-state index contributed by atoms with van der Waals surface area (Å²) in [6, 6.07) is 39.3. The maximum absolute atomic E-state index is 7.62. The predicted octanol–water partition coefficient (Wildman–Crippen LogP) is 13.4. The molecule has 3 nitrogen and oxygen atoms in total. The zero-order valence-corrected chi connectivity index (χ0v) is 31.3. The van der Waals surface area contributed by atoms with Gasteiger partial charge in [-0.25, -0.2) is 14.7 Å². The van der Waals surface area contributed by atoms with Crippen molar-refractivity contribution < 1.29 is 8.39 Å². The van der Waals surface area contributed by atoms with Crippen molar-refractivity contribution in [3.05, 3.63) is 120 Å². The molecular weight excluding hydrogens is 656 g/mol. The molecule has 1 aromatic heterocycles. The highest BCUT2D eigenvalue weighted by Crippen LogP contribution is 2.60. The topological polar surface area (TPSA) is 29.5 Å². The summed E-state index contributed by atoms with van der Waals surface area (Å²) >= 11 is 0. The first kappa shape index (κ1) is 32.3. The Hall–Kier alpha value is -3.96. The van der Waals surface area contributed by atoms with Crippen molar-refractivity contribution in [3.63, 3.8) is 0 Å². The van der Waals surface area contributed by atoms with E-state index in [1.54, 1.807) is 0 Å². The first-order chi connectivity index (χ1) is 23.8. The van der Waals surface area contributed by atoms with E-state index in [0.29, 0.717) is 0 Å². The molecule has 0 saturated carbocycles. The minimum absolute atomic E-state index is 0.834. The smallest absolute Gasteiger partial charge is 0.346 e. The Bertz CT molecular complexity index is 2430. The summed E-state index contributed by atoms with van der Waals surface area (Å²) in [5, 5.41) is 6.92. The van der Waals surface area contributed by atoms with Crippen LogP contribution < -0.4 is 4.67 Å². The van der Waals surface area contributed by atoms with Crippen molar-refractivity contribution >= 4 is 102 Å². The maximum Gasteiger partial charge on any atom is 0.346 e. The minimum Gasteiger partial charge on any atom is -0.402 e. The van der Waals surface area contributed by atoms with E-state index in [1.807, 2.05) is 0 Å². The molecule has 0 spiro atoms. The molecule has 49 heavy (non-hydrogen) atoms. The number of para-hydroxylation sites is 2. The highest BCUT2D eigenvalue weighted by atomic mass is 32.3. The van der Waals surface area contributed by atoms with Crippen molar-refractivity contribution in [2.24, 2.45) is 0 Å². The molecule has 2 atom stereocenters. The summed E-state index contributed by atoms with van der Waals surface area (Å²) in [5.74, 6) is 2.95. The molecule has 2 unspecified atom stereocenters. The van der Waals surface area contributed by atoms with E-state index in [1.165, 1.54) is 21.1 Å². The van der Waals surface area contributed by atoms with Crippen LogP contribution in [0.25, 0.3) is 55.6 Å². The molecule has 246 valence electrons. The number of hydrogen-bond acceptors (Lipinski definition) is 3. The number of benzene rings is 6. The predicted molar refractivity (Wildman–Crippen MR) is 222 cm³/mol. The monoisotopic (exact) mass is 697 g/mol. The van der Waals surface area contributed by atoms with E-state index < -0.39 is 28.1 Å². The molecule has 0 N–H and O–H groups in total. The van der Waals surface area contributed by atoms with Gasteiger partial charge >= 0.3 is 8.16 Å². The second-order valence-corrected chi connectivity index (χ2v) is 21.8. The molecule has 2 heterocycles. The van der Waals surface area contributed by atoms with Crippen LogP contribution in [0.2, 0.25) is 0 Å². The van der Waals surface area contributed by atoms with Gasteiger partial charge in [-0.05, 0) is 86.7 Å². The average molecular weight is 698 g/mol. The zero-order valence-electron chi connectivity index (χ0n) is 28.8. The molecule has 0 amide bonds. The fourth-order valence-electron chi connectivity index (χ4n) is 7.05. The highest BCUT2D eigenvalue weighted by Gasteiger charge is 2.30. The summed E-state index contributed by atoms with van der Waals surface area (Å²) < 4.78 is 17.5. The van der Waals surface area contributed by atoms with E-state index in [4.69, 9.17) is 15.5 Å². The lowest BCUT2D eigenvalue weighted by Gasteiger charge is -2.34. The molecule has 0 fully saturated rings. The molecule has 8 rings (SSSR count). The molecular formula is C42H41BNO2PS2. The molecule has 2 radical (unpaired) electrons. The molecule has 6 aromatic carbocycles. The number of nitrogens with zero attached hydrogens (tertiary/aromatic N) is 1. The second kappa shape index (κ2) is 12.4. The fraction of sp³-hybridized carbons (Fsp3) is 0.190. The van der Waals surface area contributed by atoms with Crippen LogP contribution in [0, 0.1) is 0 Å². The lowest BCUT2D eigenvalue weighted by atomic mass is 9.98. The quantitative estimate of drug-likeness (QED) is 0.162. The Morgan fingerprint density at radius 2 is 1.04 bits per heavy atom. The fourth-order valence-corrected chi connectivity index (χ4v) is 12.1.